The molecule has 1 amide bonds. The fourth-order valence-electron chi connectivity index (χ4n) is 1.33. The Labute approximate surface area is 104 Å². The number of nitrogen functional groups attached to an aromatic ring is 1. The summed E-state index contributed by atoms with van der Waals surface area (Å²) in [6.45, 7) is 1.92. The number of aliphatic hydroxyl groups excluding tert-OH is 1. The summed E-state index contributed by atoms with van der Waals surface area (Å²) < 4.78 is 0. The molecule has 18 heavy (non-hydrogen) atoms. The van der Waals surface area contributed by atoms with Gasteiger partial charge < -0.3 is 21.3 Å². The molecule has 98 valence electrons. The number of carboxylic acids is 1. The van der Waals surface area contributed by atoms with Crippen LogP contribution in [0.2, 0.25) is 0 Å². The highest BCUT2D eigenvalue weighted by Crippen LogP contribution is 2.12. The minimum Gasteiger partial charge on any atom is -0.479 e. The van der Waals surface area contributed by atoms with E-state index in [0.717, 1.165) is 5.56 Å². The van der Waals surface area contributed by atoms with Gasteiger partial charge >= 0.3 is 5.97 Å². The summed E-state index contributed by atoms with van der Waals surface area (Å²) >= 11 is 0. The van der Waals surface area contributed by atoms with Crippen LogP contribution < -0.4 is 11.1 Å². The Kier molecular flexibility index (Phi) is 4.67. The largest absolute Gasteiger partial charge is 0.479 e. The van der Waals surface area contributed by atoms with E-state index in [-0.39, 0.29) is 18.9 Å². The molecule has 0 aliphatic heterocycles. The van der Waals surface area contributed by atoms with Crippen LogP contribution in [-0.2, 0) is 4.79 Å². The van der Waals surface area contributed by atoms with Gasteiger partial charge in [0.1, 0.15) is 0 Å². The van der Waals surface area contributed by atoms with Crippen LogP contribution in [0.25, 0.3) is 0 Å². The van der Waals surface area contributed by atoms with Crippen molar-refractivity contribution in [3.63, 3.8) is 0 Å². The van der Waals surface area contributed by atoms with Gasteiger partial charge in [0.2, 0.25) is 0 Å². The molecule has 0 spiro atoms. The minimum absolute atomic E-state index is 0.0393. The molecule has 0 saturated carbocycles. The van der Waals surface area contributed by atoms with E-state index in [0.29, 0.717) is 11.3 Å². The van der Waals surface area contributed by atoms with Gasteiger partial charge in [0.15, 0.2) is 6.10 Å². The van der Waals surface area contributed by atoms with Crippen molar-refractivity contribution in [3.8, 4) is 0 Å². The van der Waals surface area contributed by atoms with E-state index < -0.39 is 12.1 Å². The van der Waals surface area contributed by atoms with Gasteiger partial charge in [0, 0.05) is 24.2 Å². The molecule has 0 heterocycles. The van der Waals surface area contributed by atoms with Crippen LogP contribution >= 0.6 is 0 Å². The topological polar surface area (TPSA) is 113 Å². The number of carbonyl (C=O) groups is 2. The fraction of sp³-hybridized carbons (Fsp3) is 0.333. The van der Waals surface area contributed by atoms with Crippen molar-refractivity contribution in [2.45, 2.75) is 19.4 Å². The first-order valence-corrected chi connectivity index (χ1v) is 5.47. The number of aliphatic carboxylic acids is 1. The number of carboxylic acid groups (broad SMARTS) is 1. The van der Waals surface area contributed by atoms with Gasteiger partial charge in [-0.2, -0.15) is 0 Å². The molecule has 0 bridgehead atoms. The molecule has 1 unspecified atom stereocenters. The Balaban J connectivity index is 2.50. The summed E-state index contributed by atoms with van der Waals surface area (Å²) in [6.07, 6.45) is -1.50. The van der Waals surface area contributed by atoms with E-state index >= 15 is 0 Å². The normalized spacial score (nSPS) is 11.9. The molecular formula is C12H16N2O4. The van der Waals surface area contributed by atoms with E-state index in [9.17, 15) is 9.59 Å². The highest BCUT2D eigenvalue weighted by atomic mass is 16.4. The second kappa shape index (κ2) is 6.02. The lowest BCUT2D eigenvalue weighted by atomic mass is 10.1. The Bertz CT molecular complexity index is 459. The number of rotatable bonds is 5. The fourth-order valence-corrected chi connectivity index (χ4v) is 1.33. The standard InChI is InChI=1S/C12H16N2O4/c1-7-2-3-8(6-9(7)13)11(16)14-5-4-10(15)12(17)18/h2-3,6,10,15H,4-5,13H2,1H3,(H,14,16)(H,17,18). The zero-order valence-electron chi connectivity index (χ0n) is 10.0. The third-order valence-electron chi connectivity index (χ3n) is 2.53. The van der Waals surface area contributed by atoms with Crippen LogP contribution in [0.5, 0.6) is 0 Å². The third-order valence-corrected chi connectivity index (χ3v) is 2.53. The number of aryl methyl sites for hydroxylation is 1. The molecule has 6 nitrogen and oxygen atoms in total. The number of hydrogen-bond donors (Lipinski definition) is 4. The van der Waals surface area contributed by atoms with Crippen LogP contribution in [0.1, 0.15) is 22.3 Å². The van der Waals surface area contributed by atoms with Crippen LogP contribution in [0.15, 0.2) is 18.2 Å². The number of aliphatic hydroxyl groups is 1. The summed E-state index contributed by atoms with van der Waals surface area (Å²) in [5.41, 5.74) is 7.49. The molecular weight excluding hydrogens is 236 g/mol. The number of amides is 1. The van der Waals surface area contributed by atoms with Crippen LogP contribution in [0, 0.1) is 6.92 Å². The van der Waals surface area contributed by atoms with E-state index in [2.05, 4.69) is 5.32 Å². The van der Waals surface area contributed by atoms with Crippen molar-refractivity contribution in [3.05, 3.63) is 29.3 Å². The number of anilines is 1. The van der Waals surface area contributed by atoms with Gasteiger partial charge in [-0.1, -0.05) is 6.07 Å². The number of carbonyl (C=O) groups excluding carboxylic acids is 1. The number of benzene rings is 1. The second-order valence-corrected chi connectivity index (χ2v) is 3.97. The highest BCUT2D eigenvalue weighted by molar-refractivity contribution is 5.95. The molecule has 0 aromatic heterocycles. The molecule has 0 aliphatic carbocycles. The Hall–Kier alpha value is -2.08. The summed E-state index contributed by atoms with van der Waals surface area (Å²) in [5, 5.41) is 20.0. The lowest BCUT2D eigenvalue weighted by Crippen LogP contribution is -2.30. The molecule has 1 aromatic rings. The first kappa shape index (κ1) is 14.0. The highest BCUT2D eigenvalue weighted by Gasteiger charge is 2.13. The molecule has 5 N–H and O–H groups in total. The van der Waals surface area contributed by atoms with Gasteiger partial charge in [0.05, 0.1) is 0 Å². The molecule has 1 aromatic carbocycles. The average Bonchev–Trinajstić information content (AvgIpc) is 2.32. The molecule has 0 saturated heterocycles. The first-order valence-electron chi connectivity index (χ1n) is 5.47. The summed E-state index contributed by atoms with van der Waals surface area (Å²) in [5.74, 6) is -1.65. The zero-order valence-corrected chi connectivity index (χ0v) is 10.0. The van der Waals surface area contributed by atoms with Crippen molar-refractivity contribution in [1.29, 1.82) is 0 Å². The second-order valence-electron chi connectivity index (χ2n) is 3.97. The molecule has 0 aliphatic rings. The molecule has 1 rings (SSSR count). The van der Waals surface area contributed by atoms with Crippen LogP contribution in [0.3, 0.4) is 0 Å². The van der Waals surface area contributed by atoms with Gasteiger partial charge in [-0.25, -0.2) is 4.79 Å². The lowest BCUT2D eigenvalue weighted by Gasteiger charge is -2.08. The summed E-state index contributed by atoms with van der Waals surface area (Å²) in [6, 6.07) is 4.92. The van der Waals surface area contributed by atoms with E-state index in [4.69, 9.17) is 15.9 Å². The number of hydrogen-bond acceptors (Lipinski definition) is 4. The molecule has 0 radical (unpaired) electrons. The first-order chi connectivity index (χ1) is 8.41. The van der Waals surface area contributed by atoms with Crippen molar-refractivity contribution >= 4 is 17.6 Å². The zero-order chi connectivity index (χ0) is 13.7. The predicted molar refractivity (Wildman–Crippen MR) is 66.2 cm³/mol. The van der Waals surface area contributed by atoms with Gasteiger partial charge in [0.25, 0.3) is 5.91 Å². The number of nitrogens with two attached hydrogens (primary N) is 1. The third kappa shape index (κ3) is 3.74. The quantitative estimate of drug-likeness (QED) is 0.557. The minimum atomic E-state index is -1.46. The Morgan fingerprint density at radius 3 is 2.67 bits per heavy atom. The van der Waals surface area contributed by atoms with Gasteiger partial charge in [-0.05, 0) is 24.6 Å². The Morgan fingerprint density at radius 1 is 1.44 bits per heavy atom. The van der Waals surface area contributed by atoms with Crippen molar-refractivity contribution in [2.24, 2.45) is 0 Å². The monoisotopic (exact) mass is 252 g/mol. The van der Waals surface area contributed by atoms with Gasteiger partial charge in [-0.3, -0.25) is 4.79 Å². The molecule has 0 fully saturated rings. The SMILES string of the molecule is Cc1ccc(C(=O)NCCC(O)C(=O)O)cc1N. The number of nitrogens with one attached hydrogen (secondary N) is 1. The Morgan fingerprint density at radius 2 is 2.11 bits per heavy atom. The maximum absolute atomic E-state index is 11.7. The molecule has 6 heteroatoms. The van der Waals surface area contributed by atoms with E-state index in [1.807, 2.05) is 6.92 Å². The van der Waals surface area contributed by atoms with E-state index in [1.54, 1.807) is 18.2 Å². The maximum atomic E-state index is 11.7. The average molecular weight is 252 g/mol. The van der Waals surface area contributed by atoms with Gasteiger partial charge in [-0.15, -0.1) is 0 Å². The van der Waals surface area contributed by atoms with E-state index in [1.165, 1.54) is 0 Å². The van der Waals surface area contributed by atoms with Crippen molar-refractivity contribution in [2.75, 3.05) is 12.3 Å². The van der Waals surface area contributed by atoms with Crippen LogP contribution in [-0.4, -0.2) is 34.7 Å². The van der Waals surface area contributed by atoms with Crippen LogP contribution in [0.4, 0.5) is 5.69 Å². The summed E-state index contributed by atoms with van der Waals surface area (Å²) in [7, 11) is 0. The predicted octanol–water partition coefficient (Wildman–Crippen LogP) is 0.143. The van der Waals surface area contributed by atoms with Crippen molar-refractivity contribution in [1.82, 2.24) is 5.32 Å². The summed E-state index contributed by atoms with van der Waals surface area (Å²) in [4.78, 5) is 22.0. The van der Waals surface area contributed by atoms with Crippen molar-refractivity contribution < 1.29 is 19.8 Å². The maximum Gasteiger partial charge on any atom is 0.332 e. The molecule has 1 atom stereocenters. The lowest BCUT2D eigenvalue weighted by molar-refractivity contribution is -0.146. The smallest absolute Gasteiger partial charge is 0.332 e.